The highest BCUT2D eigenvalue weighted by Crippen LogP contribution is 2.15. The van der Waals surface area contributed by atoms with Gasteiger partial charge in [-0.25, -0.2) is 0 Å². The van der Waals surface area contributed by atoms with Crippen LogP contribution in [-0.2, 0) is 19.2 Å². The zero-order valence-corrected chi connectivity index (χ0v) is 11.8. The molecule has 0 saturated carbocycles. The van der Waals surface area contributed by atoms with E-state index in [0.29, 0.717) is 16.9 Å². The minimum atomic E-state index is -3.94. The van der Waals surface area contributed by atoms with Crippen molar-refractivity contribution in [3.05, 3.63) is 53.6 Å². The third kappa shape index (κ3) is 3.03. The molecule has 1 aromatic rings. The lowest BCUT2D eigenvalue weighted by Gasteiger charge is -2.08. The Morgan fingerprint density at radius 2 is 1.55 bits per heavy atom. The largest absolute Gasteiger partial charge is 0.358 e. The highest BCUT2D eigenvalue weighted by atomic mass is 32.2. The minimum absolute atomic E-state index is 0.0256. The van der Waals surface area contributed by atoms with Gasteiger partial charge in [-0.15, -0.1) is 0 Å². The molecular weight excluding hydrogens is 278 g/mol. The van der Waals surface area contributed by atoms with Crippen molar-refractivity contribution < 1.29 is 17.5 Å². The van der Waals surface area contributed by atoms with Crippen LogP contribution in [0.1, 0.15) is 13.8 Å². The van der Waals surface area contributed by atoms with Crippen LogP contribution in [0.2, 0.25) is 0 Å². The standard InChI is InChI=1S/C14H13NO4S/c1-10-8-12(9-11(2)14(10)16)15-19-20(17,18)13-6-4-3-5-7-13/h3-9H,1-2H3. The molecule has 0 unspecified atom stereocenters. The first-order chi connectivity index (χ1) is 9.40. The van der Waals surface area contributed by atoms with Gasteiger partial charge in [0.05, 0.1) is 0 Å². The number of hydrogen-bond acceptors (Lipinski definition) is 5. The predicted molar refractivity (Wildman–Crippen MR) is 74.7 cm³/mol. The van der Waals surface area contributed by atoms with Gasteiger partial charge in [0.1, 0.15) is 10.6 Å². The van der Waals surface area contributed by atoms with E-state index < -0.39 is 10.1 Å². The molecule has 0 bridgehead atoms. The second kappa shape index (κ2) is 5.42. The first kappa shape index (κ1) is 14.2. The number of benzene rings is 1. The Kier molecular flexibility index (Phi) is 3.85. The van der Waals surface area contributed by atoms with Gasteiger partial charge < -0.3 is 0 Å². The van der Waals surface area contributed by atoms with Crippen LogP contribution in [-0.4, -0.2) is 19.9 Å². The molecular formula is C14H13NO4S. The van der Waals surface area contributed by atoms with Gasteiger partial charge >= 0.3 is 10.1 Å². The highest BCUT2D eigenvalue weighted by molar-refractivity contribution is 7.86. The molecule has 6 heteroatoms. The summed E-state index contributed by atoms with van der Waals surface area (Å²) < 4.78 is 28.4. The molecule has 2 rings (SSSR count). The summed E-state index contributed by atoms with van der Waals surface area (Å²) in [6, 6.07) is 7.73. The molecule has 0 radical (unpaired) electrons. The van der Waals surface area contributed by atoms with E-state index in [9.17, 15) is 13.2 Å². The van der Waals surface area contributed by atoms with Crippen LogP contribution < -0.4 is 0 Å². The Morgan fingerprint density at radius 1 is 1.00 bits per heavy atom. The molecule has 0 spiro atoms. The van der Waals surface area contributed by atoms with Crippen molar-refractivity contribution in [1.29, 1.82) is 0 Å². The number of carbonyl (C=O) groups is 1. The Labute approximate surface area is 117 Å². The van der Waals surface area contributed by atoms with Gasteiger partial charge in [0.15, 0.2) is 5.78 Å². The molecule has 0 fully saturated rings. The molecule has 5 nitrogen and oxygen atoms in total. The Bertz CT molecular complexity index is 704. The number of carbonyl (C=O) groups excluding carboxylic acids is 1. The molecule has 0 aromatic heterocycles. The molecule has 0 atom stereocenters. The van der Waals surface area contributed by atoms with E-state index in [1.54, 1.807) is 32.0 Å². The lowest BCUT2D eigenvalue weighted by atomic mass is 9.98. The van der Waals surface area contributed by atoms with Crippen molar-refractivity contribution in [3.63, 3.8) is 0 Å². The third-order valence-corrected chi connectivity index (χ3v) is 3.84. The lowest BCUT2D eigenvalue weighted by Crippen LogP contribution is -2.11. The summed E-state index contributed by atoms with van der Waals surface area (Å²) in [5.74, 6) is -0.0881. The molecule has 0 N–H and O–H groups in total. The molecule has 0 aliphatic heterocycles. The van der Waals surface area contributed by atoms with Gasteiger partial charge in [-0.1, -0.05) is 23.4 Å². The van der Waals surface area contributed by atoms with Gasteiger partial charge in [-0.3, -0.25) is 9.08 Å². The Morgan fingerprint density at radius 3 is 2.10 bits per heavy atom. The minimum Gasteiger partial charge on any atom is -0.289 e. The van der Waals surface area contributed by atoms with E-state index in [0.717, 1.165) is 0 Å². The summed E-state index contributed by atoms with van der Waals surface area (Å²) in [4.78, 5) is 11.6. The summed E-state index contributed by atoms with van der Waals surface area (Å²) >= 11 is 0. The summed E-state index contributed by atoms with van der Waals surface area (Å²) in [5, 5.41) is 3.59. The van der Waals surface area contributed by atoms with Crippen LogP contribution in [0.5, 0.6) is 0 Å². The number of ketones is 1. The monoisotopic (exact) mass is 291 g/mol. The molecule has 0 heterocycles. The summed E-state index contributed by atoms with van der Waals surface area (Å²) in [5.41, 5.74) is 1.27. The zero-order valence-electron chi connectivity index (χ0n) is 11.0. The fraction of sp³-hybridized carbons (Fsp3) is 0.143. The Hall–Kier alpha value is -2.21. The SMILES string of the molecule is CC1=CC(=NOS(=O)(=O)c2ccccc2)C=C(C)C1=O. The van der Waals surface area contributed by atoms with E-state index in [4.69, 9.17) is 0 Å². The number of oxime groups is 1. The molecule has 1 aliphatic rings. The van der Waals surface area contributed by atoms with E-state index in [1.165, 1.54) is 24.3 Å². The number of hydrogen-bond donors (Lipinski definition) is 0. The number of rotatable bonds is 3. The second-order valence-corrected chi connectivity index (χ2v) is 5.87. The fourth-order valence-electron chi connectivity index (χ4n) is 1.70. The maximum Gasteiger partial charge on any atom is 0.358 e. The average molecular weight is 291 g/mol. The van der Waals surface area contributed by atoms with Crippen LogP contribution in [0.25, 0.3) is 0 Å². The van der Waals surface area contributed by atoms with Crippen molar-refractivity contribution in [3.8, 4) is 0 Å². The topological polar surface area (TPSA) is 72.8 Å². The van der Waals surface area contributed by atoms with Crippen LogP contribution in [0.4, 0.5) is 0 Å². The quantitative estimate of drug-likeness (QED) is 0.632. The van der Waals surface area contributed by atoms with Gasteiger partial charge in [0, 0.05) is 0 Å². The first-order valence-electron chi connectivity index (χ1n) is 5.88. The molecule has 104 valence electrons. The van der Waals surface area contributed by atoms with Crippen molar-refractivity contribution in [2.75, 3.05) is 0 Å². The molecule has 20 heavy (non-hydrogen) atoms. The van der Waals surface area contributed by atoms with E-state index in [-0.39, 0.29) is 10.7 Å². The van der Waals surface area contributed by atoms with Crippen LogP contribution in [0.3, 0.4) is 0 Å². The zero-order chi connectivity index (χ0) is 14.8. The summed E-state index contributed by atoms with van der Waals surface area (Å²) in [6.07, 6.45) is 2.96. The van der Waals surface area contributed by atoms with Gasteiger partial charge in [-0.2, -0.15) is 8.42 Å². The van der Waals surface area contributed by atoms with Gasteiger partial charge in [0.25, 0.3) is 0 Å². The maximum absolute atomic E-state index is 11.9. The number of nitrogens with zero attached hydrogens (tertiary/aromatic N) is 1. The van der Waals surface area contributed by atoms with Crippen LogP contribution in [0, 0.1) is 0 Å². The maximum atomic E-state index is 11.9. The predicted octanol–water partition coefficient (Wildman–Crippen LogP) is 2.22. The smallest absolute Gasteiger partial charge is 0.289 e. The van der Waals surface area contributed by atoms with E-state index >= 15 is 0 Å². The van der Waals surface area contributed by atoms with E-state index in [1.807, 2.05) is 0 Å². The van der Waals surface area contributed by atoms with E-state index in [2.05, 4.69) is 9.44 Å². The third-order valence-electron chi connectivity index (χ3n) is 2.72. The second-order valence-electron chi connectivity index (χ2n) is 4.34. The fourth-order valence-corrected chi connectivity index (χ4v) is 2.46. The molecule has 0 saturated heterocycles. The highest BCUT2D eigenvalue weighted by Gasteiger charge is 2.17. The van der Waals surface area contributed by atoms with Crippen molar-refractivity contribution in [2.45, 2.75) is 18.7 Å². The molecule has 1 aromatic carbocycles. The first-order valence-corrected chi connectivity index (χ1v) is 7.29. The van der Waals surface area contributed by atoms with Gasteiger partial charge in [0.2, 0.25) is 0 Å². The molecule has 1 aliphatic carbocycles. The van der Waals surface area contributed by atoms with Crippen molar-refractivity contribution in [2.24, 2.45) is 5.16 Å². The van der Waals surface area contributed by atoms with Crippen molar-refractivity contribution in [1.82, 2.24) is 0 Å². The number of allylic oxidation sites excluding steroid dienone is 4. The summed E-state index contributed by atoms with van der Waals surface area (Å²) in [7, 11) is -3.94. The van der Waals surface area contributed by atoms with Gasteiger partial charge in [-0.05, 0) is 49.3 Å². The van der Waals surface area contributed by atoms with Crippen LogP contribution in [0.15, 0.2) is 63.7 Å². The summed E-state index contributed by atoms with van der Waals surface area (Å²) in [6.45, 7) is 3.28. The number of Topliss-reactive ketones (excluding diaryl/α,β-unsaturated/α-hetero) is 1. The normalized spacial score (nSPS) is 15.5. The van der Waals surface area contributed by atoms with Crippen molar-refractivity contribution >= 4 is 21.6 Å². The average Bonchev–Trinajstić information content (AvgIpc) is 2.43. The van der Waals surface area contributed by atoms with Crippen LogP contribution >= 0.6 is 0 Å². The lowest BCUT2D eigenvalue weighted by molar-refractivity contribution is -0.112. The molecule has 0 amide bonds. The Balaban J connectivity index is 2.24.